The van der Waals surface area contributed by atoms with Crippen LogP contribution in [-0.2, 0) is 10.0 Å². The van der Waals surface area contributed by atoms with Crippen LogP contribution in [0, 0.1) is 11.8 Å². The predicted molar refractivity (Wildman–Crippen MR) is 83.1 cm³/mol. The van der Waals surface area contributed by atoms with Crippen molar-refractivity contribution >= 4 is 10.0 Å². The van der Waals surface area contributed by atoms with E-state index in [1.807, 2.05) is 0 Å². The third-order valence-corrected chi connectivity index (χ3v) is 5.90. The van der Waals surface area contributed by atoms with Crippen LogP contribution in [0.15, 0.2) is 11.6 Å². The fourth-order valence-corrected chi connectivity index (χ4v) is 4.41. The van der Waals surface area contributed by atoms with Gasteiger partial charge in [0.15, 0.2) is 0 Å². The van der Waals surface area contributed by atoms with E-state index in [9.17, 15) is 8.42 Å². The molecule has 1 saturated heterocycles. The van der Waals surface area contributed by atoms with Crippen LogP contribution in [0.1, 0.15) is 39.5 Å². The number of hydrogen-bond donors (Lipinski definition) is 1. The Morgan fingerprint density at radius 2 is 2.05 bits per heavy atom. The fraction of sp³-hybridized carbons (Fsp3) is 0.867. The summed E-state index contributed by atoms with van der Waals surface area (Å²) in [5.41, 5.74) is 1.18. The first-order chi connectivity index (χ1) is 9.38. The van der Waals surface area contributed by atoms with E-state index in [0.717, 1.165) is 13.0 Å². The van der Waals surface area contributed by atoms with Gasteiger partial charge in [-0.3, -0.25) is 0 Å². The van der Waals surface area contributed by atoms with E-state index < -0.39 is 10.0 Å². The van der Waals surface area contributed by atoms with E-state index in [2.05, 4.69) is 25.2 Å². The highest BCUT2D eigenvalue weighted by molar-refractivity contribution is 7.88. The predicted octanol–water partition coefficient (Wildman–Crippen LogP) is 1.99. The highest BCUT2D eigenvalue weighted by Gasteiger charge is 2.30. The lowest BCUT2D eigenvalue weighted by molar-refractivity contribution is 0.294. The molecule has 0 aliphatic carbocycles. The molecule has 0 aromatic heterocycles. The Morgan fingerprint density at radius 3 is 2.75 bits per heavy atom. The Hall–Kier alpha value is -0.390. The van der Waals surface area contributed by atoms with E-state index >= 15 is 0 Å². The lowest BCUT2D eigenvalue weighted by Crippen LogP contribution is -2.40. The molecule has 4 nitrogen and oxygen atoms in total. The number of nitrogens with one attached hydrogen (secondary N) is 1. The maximum atomic E-state index is 11.8. The Labute approximate surface area is 123 Å². The van der Waals surface area contributed by atoms with Gasteiger partial charge < -0.3 is 5.32 Å². The molecule has 1 unspecified atom stereocenters. The summed E-state index contributed by atoms with van der Waals surface area (Å²) < 4.78 is 25.2. The van der Waals surface area contributed by atoms with Gasteiger partial charge in [-0.2, -0.15) is 4.31 Å². The summed E-state index contributed by atoms with van der Waals surface area (Å²) in [4.78, 5) is 0. The van der Waals surface area contributed by atoms with Crippen LogP contribution in [0.3, 0.4) is 0 Å². The molecule has 2 aliphatic rings. The Morgan fingerprint density at radius 1 is 1.30 bits per heavy atom. The Bertz CT molecular complexity index is 458. The molecule has 0 aromatic rings. The lowest BCUT2D eigenvalue weighted by Gasteiger charge is -2.29. The van der Waals surface area contributed by atoms with Crippen LogP contribution in [-0.4, -0.2) is 44.7 Å². The van der Waals surface area contributed by atoms with Crippen molar-refractivity contribution in [2.75, 3.05) is 25.9 Å². The van der Waals surface area contributed by atoms with Crippen LogP contribution >= 0.6 is 0 Å². The van der Waals surface area contributed by atoms with Gasteiger partial charge in [0.05, 0.1) is 6.26 Å². The summed E-state index contributed by atoms with van der Waals surface area (Å²) in [6, 6.07) is 0.493. The SMILES string of the molecule is CC1=CC([C@@H]2NCCCC[C@@H]2C)CCN(S(C)(=O)=O)C1. The van der Waals surface area contributed by atoms with E-state index in [1.54, 1.807) is 4.31 Å². The van der Waals surface area contributed by atoms with Crippen molar-refractivity contribution in [2.45, 2.75) is 45.6 Å². The summed E-state index contributed by atoms with van der Waals surface area (Å²) >= 11 is 0. The van der Waals surface area contributed by atoms with Crippen LogP contribution in [0.25, 0.3) is 0 Å². The zero-order chi connectivity index (χ0) is 14.8. The van der Waals surface area contributed by atoms with Gasteiger partial charge in [-0.25, -0.2) is 8.42 Å². The highest BCUT2D eigenvalue weighted by Crippen LogP contribution is 2.28. The van der Waals surface area contributed by atoms with E-state index in [0.29, 0.717) is 31.0 Å². The second-order valence-corrected chi connectivity index (χ2v) is 8.50. The first-order valence-corrected chi connectivity index (χ1v) is 9.58. The Balaban J connectivity index is 2.11. The monoisotopic (exact) mass is 300 g/mol. The molecule has 2 rings (SSSR count). The van der Waals surface area contributed by atoms with Crippen LogP contribution in [0.4, 0.5) is 0 Å². The van der Waals surface area contributed by atoms with Crippen molar-refractivity contribution in [3.8, 4) is 0 Å². The molecule has 2 heterocycles. The van der Waals surface area contributed by atoms with Crippen molar-refractivity contribution in [3.05, 3.63) is 11.6 Å². The summed E-state index contributed by atoms with van der Waals surface area (Å²) in [5.74, 6) is 1.12. The number of rotatable bonds is 2. The molecule has 1 fully saturated rings. The van der Waals surface area contributed by atoms with Crippen LogP contribution in [0.5, 0.6) is 0 Å². The number of hydrogen-bond acceptors (Lipinski definition) is 3. The van der Waals surface area contributed by atoms with E-state index in [1.165, 1.54) is 31.1 Å². The normalized spacial score (nSPS) is 34.1. The van der Waals surface area contributed by atoms with Gasteiger partial charge in [0.2, 0.25) is 10.0 Å². The number of nitrogens with zero attached hydrogens (tertiary/aromatic N) is 1. The maximum absolute atomic E-state index is 11.8. The van der Waals surface area contributed by atoms with Gasteiger partial charge in [-0.1, -0.05) is 25.0 Å². The zero-order valence-corrected chi connectivity index (χ0v) is 13.7. The third kappa shape index (κ3) is 4.06. The van der Waals surface area contributed by atoms with Crippen LogP contribution < -0.4 is 5.32 Å². The molecule has 1 N–H and O–H groups in total. The minimum Gasteiger partial charge on any atom is -0.313 e. The van der Waals surface area contributed by atoms with Crippen molar-refractivity contribution in [3.63, 3.8) is 0 Å². The molecule has 0 radical (unpaired) electrons. The van der Waals surface area contributed by atoms with Gasteiger partial charge in [0.1, 0.15) is 0 Å². The smallest absolute Gasteiger partial charge is 0.211 e. The first kappa shape index (κ1) is 16.0. The summed E-state index contributed by atoms with van der Waals surface area (Å²) in [6.45, 7) is 6.66. The Kier molecular flexibility index (Phi) is 5.26. The zero-order valence-electron chi connectivity index (χ0n) is 12.9. The standard InChI is InChI=1S/C15H28N2O2S/c1-12-10-14(7-9-17(11-12)20(3,18)19)15-13(2)6-4-5-8-16-15/h10,13-16H,4-9,11H2,1-3H3/t13-,14?,15+/m0/s1. The van der Waals surface area contributed by atoms with Crippen molar-refractivity contribution in [1.82, 2.24) is 9.62 Å². The molecule has 2 aliphatic heterocycles. The van der Waals surface area contributed by atoms with Crippen molar-refractivity contribution < 1.29 is 8.42 Å². The third-order valence-electron chi connectivity index (χ3n) is 4.65. The molecule has 3 atom stereocenters. The quantitative estimate of drug-likeness (QED) is 0.794. The summed E-state index contributed by atoms with van der Waals surface area (Å²) in [6.07, 6.45) is 8.38. The molecule has 0 spiro atoms. The molecular formula is C15H28N2O2S. The first-order valence-electron chi connectivity index (χ1n) is 7.73. The van der Waals surface area contributed by atoms with Gasteiger partial charge in [0, 0.05) is 19.1 Å². The van der Waals surface area contributed by atoms with Gasteiger partial charge >= 0.3 is 0 Å². The minimum absolute atomic E-state index is 0.454. The molecule has 0 amide bonds. The van der Waals surface area contributed by atoms with Crippen molar-refractivity contribution in [1.29, 1.82) is 0 Å². The van der Waals surface area contributed by atoms with Crippen LogP contribution in [0.2, 0.25) is 0 Å². The molecule has 0 aromatic carbocycles. The van der Waals surface area contributed by atoms with E-state index in [4.69, 9.17) is 0 Å². The topological polar surface area (TPSA) is 49.4 Å². The minimum atomic E-state index is -3.08. The molecular weight excluding hydrogens is 272 g/mol. The van der Waals surface area contributed by atoms with Gasteiger partial charge in [-0.05, 0) is 44.6 Å². The summed E-state index contributed by atoms with van der Waals surface area (Å²) in [5, 5.41) is 3.69. The van der Waals surface area contributed by atoms with Crippen molar-refractivity contribution in [2.24, 2.45) is 11.8 Å². The highest BCUT2D eigenvalue weighted by atomic mass is 32.2. The molecule has 0 bridgehead atoms. The van der Waals surface area contributed by atoms with Gasteiger partial charge in [-0.15, -0.1) is 0 Å². The number of sulfonamides is 1. The summed E-state index contributed by atoms with van der Waals surface area (Å²) in [7, 11) is -3.08. The maximum Gasteiger partial charge on any atom is 0.211 e. The molecule has 5 heteroatoms. The second-order valence-electron chi connectivity index (χ2n) is 6.52. The lowest BCUT2D eigenvalue weighted by atomic mass is 9.84. The second kappa shape index (κ2) is 6.58. The van der Waals surface area contributed by atoms with Gasteiger partial charge in [0.25, 0.3) is 0 Å². The molecule has 20 heavy (non-hydrogen) atoms. The fourth-order valence-electron chi connectivity index (χ4n) is 3.53. The average Bonchev–Trinajstić information content (AvgIpc) is 2.66. The molecule has 116 valence electrons. The average molecular weight is 300 g/mol. The van der Waals surface area contributed by atoms with E-state index in [-0.39, 0.29) is 0 Å². The largest absolute Gasteiger partial charge is 0.313 e. The molecule has 0 saturated carbocycles.